The van der Waals surface area contributed by atoms with Crippen LogP contribution in [-0.4, -0.2) is 23.6 Å². The number of amides is 2. The largest absolute Gasteiger partial charge is 0.469 e. The van der Waals surface area contributed by atoms with Gasteiger partial charge in [-0.25, -0.2) is 9.78 Å². The highest BCUT2D eigenvalue weighted by Crippen LogP contribution is 2.16. The Hall–Kier alpha value is -1.82. The topological polar surface area (TPSA) is 67.2 Å². The van der Waals surface area contributed by atoms with Crippen molar-refractivity contribution in [3.8, 4) is 0 Å². The van der Waals surface area contributed by atoms with E-state index in [1.807, 2.05) is 32.9 Å². The normalized spacial score (nSPS) is 12.1. The van der Waals surface area contributed by atoms with E-state index in [9.17, 15) is 4.79 Å². The van der Waals surface area contributed by atoms with E-state index in [2.05, 4.69) is 15.6 Å². The van der Waals surface area contributed by atoms with Gasteiger partial charge in [0.25, 0.3) is 0 Å². The molecular weight excluding hydrogens is 286 g/mol. The Labute approximate surface area is 128 Å². The van der Waals surface area contributed by atoms with Crippen LogP contribution < -0.4 is 10.6 Å². The molecule has 0 aliphatic rings. The number of aromatic nitrogens is 1. The summed E-state index contributed by atoms with van der Waals surface area (Å²) in [5.41, 5.74) is 1.06. The van der Waals surface area contributed by atoms with Crippen LogP contribution in [0.2, 0.25) is 0 Å². The molecule has 1 atom stereocenters. The Morgan fingerprint density at radius 3 is 2.90 bits per heavy atom. The summed E-state index contributed by atoms with van der Waals surface area (Å²) in [6.45, 7) is 6.57. The summed E-state index contributed by atoms with van der Waals surface area (Å²) in [6.07, 6.45) is 3.15. The smallest absolute Gasteiger partial charge is 0.315 e. The molecule has 0 spiro atoms. The van der Waals surface area contributed by atoms with E-state index in [0.29, 0.717) is 13.0 Å². The number of rotatable bonds is 6. The zero-order chi connectivity index (χ0) is 15.2. The molecule has 2 aromatic heterocycles. The van der Waals surface area contributed by atoms with Crippen LogP contribution in [0.3, 0.4) is 0 Å². The zero-order valence-electron chi connectivity index (χ0n) is 12.6. The quantitative estimate of drug-likeness (QED) is 0.862. The number of urea groups is 1. The fourth-order valence-corrected chi connectivity index (χ4v) is 3.09. The first-order valence-corrected chi connectivity index (χ1v) is 7.86. The molecule has 0 saturated carbocycles. The predicted molar refractivity (Wildman–Crippen MR) is 83.7 cm³/mol. The van der Waals surface area contributed by atoms with Crippen molar-refractivity contribution >= 4 is 17.4 Å². The summed E-state index contributed by atoms with van der Waals surface area (Å²) in [7, 11) is 0. The van der Waals surface area contributed by atoms with Gasteiger partial charge in [0.1, 0.15) is 5.76 Å². The van der Waals surface area contributed by atoms with Gasteiger partial charge in [0.2, 0.25) is 0 Å². The van der Waals surface area contributed by atoms with E-state index in [4.69, 9.17) is 4.42 Å². The molecule has 0 unspecified atom stereocenters. The van der Waals surface area contributed by atoms with Crippen LogP contribution in [0.15, 0.2) is 22.8 Å². The zero-order valence-corrected chi connectivity index (χ0v) is 13.4. The number of nitrogens with one attached hydrogen (secondary N) is 2. The van der Waals surface area contributed by atoms with Crippen LogP contribution >= 0.6 is 11.3 Å². The third kappa shape index (κ3) is 4.90. The van der Waals surface area contributed by atoms with Crippen LogP contribution in [0.1, 0.15) is 28.3 Å². The van der Waals surface area contributed by atoms with Gasteiger partial charge in [-0.1, -0.05) is 0 Å². The highest BCUT2D eigenvalue weighted by Gasteiger charge is 2.10. The van der Waals surface area contributed by atoms with Crippen LogP contribution in [0.25, 0.3) is 0 Å². The molecule has 6 heteroatoms. The Kier molecular flexibility index (Phi) is 5.38. The van der Waals surface area contributed by atoms with Crippen molar-refractivity contribution in [3.63, 3.8) is 0 Å². The van der Waals surface area contributed by atoms with Crippen molar-refractivity contribution < 1.29 is 9.21 Å². The molecular formula is C15H21N3O2S. The van der Waals surface area contributed by atoms with Gasteiger partial charge in [-0.2, -0.15) is 0 Å². The van der Waals surface area contributed by atoms with E-state index in [1.165, 1.54) is 4.88 Å². The lowest BCUT2D eigenvalue weighted by atomic mass is 10.2. The molecule has 0 radical (unpaired) electrons. The monoisotopic (exact) mass is 307 g/mol. The van der Waals surface area contributed by atoms with Gasteiger partial charge >= 0.3 is 6.03 Å². The second-order valence-electron chi connectivity index (χ2n) is 5.08. The lowest BCUT2D eigenvalue weighted by molar-refractivity contribution is 0.237. The molecule has 114 valence electrons. The molecule has 21 heavy (non-hydrogen) atoms. The SMILES string of the molecule is Cc1nc(C)c(CCNC(=O)N[C@H](C)Cc2ccco2)s1. The summed E-state index contributed by atoms with van der Waals surface area (Å²) < 4.78 is 5.26. The van der Waals surface area contributed by atoms with E-state index >= 15 is 0 Å². The fraction of sp³-hybridized carbons (Fsp3) is 0.467. The first-order chi connectivity index (χ1) is 10.0. The van der Waals surface area contributed by atoms with Crippen LogP contribution in [0.4, 0.5) is 4.79 Å². The average Bonchev–Trinajstić information content (AvgIpc) is 2.99. The van der Waals surface area contributed by atoms with Crippen molar-refractivity contribution in [2.24, 2.45) is 0 Å². The number of aryl methyl sites for hydroxylation is 2. The maximum absolute atomic E-state index is 11.8. The minimum atomic E-state index is -0.145. The van der Waals surface area contributed by atoms with Crippen molar-refractivity contribution in [1.29, 1.82) is 0 Å². The number of carbonyl (C=O) groups is 1. The van der Waals surface area contributed by atoms with Crippen LogP contribution in [0.5, 0.6) is 0 Å². The predicted octanol–water partition coefficient (Wildman–Crippen LogP) is 2.83. The Morgan fingerprint density at radius 2 is 2.29 bits per heavy atom. The molecule has 0 bridgehead atoms. The van der Waals surface area contributed by atoms with E-state index in [-0.39, 0.29) is 12.1 Å². The highest BCUT2D eigenvalue weighted by atomic mass is 32.1. The molecule has 0 fully saturated rings. The Balaban J connectivity index is 1.68. The fourth-order valence-electron chi connectivity index (χ4n) is 2.15. The molecule has 2 amide bonds. The standard InChI is InChI=1S/C15H21N3O2S/c1-10(9-13-5-4-8-20-13)17-15(19)16-7-6-14-11(2)18-12(3)21-14/h4-5,8,10H,6-7,9H2,1-3H3,(H2,16,17,19)/t10-/m1/s1. The number of thiazole rings is 1. The molecule has 2 rings (SSSR count). The second-order valence-corrected chi connectivity index (χ2v) is 6.36. The summed E-state index contributed by atoms with van der Waals surface area (Å²) >= 11 is 1.69. The third-order valence-electron chi connectivity index (χ3n) is 3.10. The molecule has 5 nitrogen and oxygen atoms in total. The van der Waals surface area contributed by atoms with Gasteiger partial charge in [-0.05, 0) is 32.9 Å². The number of hydrogen-bond donors (Lipinski definition) is 2. The Morgan fingerprint density at radius 1 is 1.48 bits per heavy atom. The van der Waals surface area contributed by atoms with Gasteiger partial charge in [0.05, 0.1) is 17.0 Å². The summed E-state index contributed by atoms with van der Waals surface area (Å²) in [6, 6.07) is 3.64. The number of furan rings is 1. The maximum Gasteiger partial charge on any atom is 0.315 e. The number of hydrogen-bond acceptors (Lipinski definition) is 4. The molecule has 2 aromatic rings. The Bertz CT molecular complexity index is 578. The number of nitrogens with zero attached hydrogens (tertiary/aromatic N) is 1. The van der Waals surface area contributed by atoms with Crippen molar-refractivity contribution in [3.05, 3.63) is 39.7 Å². The third-order valence-corrected chi connectivity index (χ3v) is 4.23. The van der Waals surface area contributed by atoms with Crippen LogP contribution in [0, 0.1) is 13.8 Å². The molecule has 2 N–H and O–H groups in total. The van der Waals surface area contributed by atoms with E-state index < -0.39 is 0 Å². The van der Waals surface area contributed by atoms with E-state index in [0.717, 1.165) is 22.9 Å². The molecule has 0 aliphatic carbocycles. The molecule has 0 saturated heterocycles. The number of carbonyl (C=O) groups excluding carboxylic acids is 1. The lowest BCUT2D eigenvalue weighted by Crippen LogP contribution is -2.42. The van der Waals surface area contributed by atoms with E-state index in [1.54, 1.807) is 17.6 Å². The molecule has 2 heterocycles. The minimum absolute atomic E-state index is 0.0311. The average molecular weight is 307 g/mol. The lowest BCUT2D eigenvalue weighted by Gasteiger charge is -2.13. The van der Waals surface area contributed by atoms with Gasteiger partial charge in [-0.15, -0.1) is 11.3 Å². The van der Waals surface area contributed by atoms with Crippen molar-refractivity contribution in [1.82, 2.24) is 15.6 Å². The maximum atomic E-state index is 11.8. The minimum Gasteiger partial charge on any atom is -0.469 e. The first-order valence-electron chi connectivity index (χ1n) is 7.04. The van der Waals surface area contributed by atoms with Crippen LogP contribution in [-0.2, 0) is 12.8 Å². The van der Waals surface area contributed by atoms with Gasteiger partial charge < -0.3 is 15.1 Å². The summed E-state index contributed by atoms with van der Waals surface area (Å²) in [4.78, 5) is 17.4. The van der Waals surface area contributed by atoms with Gasteiger partial charge in [0.15, 0.2) is 0 Å². The van der Waals surface area contributed by atoms with Crippen molar-refractivity contribution in [2.45, 2.75) is 39.7 Å². The van der Waals surface area contributed by atoms with Gasteiger partial charge in [-0.3, -0.25) is 0 Å². The van der Waals surface area contributed by atoms with Crippen molar-refractivity contribution in [2.75, 3.05) is 6.54 Å². The molecule has 0 aromatic carbocycles. The summed E-state index contributed by atoms with van der Waals surface area (Å²) in [5, 5.41) is 6.85. The first kappa shape index (κ1) is 15.6. The molecule has 0 aliphatic heterocycles. The second kappa shape index (κ2) is 7.26. The summed E-state index contributed by atoms with van der Waals surface area (Å²) in [5.74, 6) is 0.874. The highest BCUT2D eigenvalue weighted by molar-refractivity contribution is 7.11. The van der Waals surface area contributed by atoms with Gasteiger partial charge in [0, 0.05) is 30.3 Å².